The van der Waals surface area contributed by atoms with Gasteiger partial charge in [0.25, 0.3) is 0 Å². The molecule has 1 aromatic heterocycles. The number of aromatic nitrogens is 2. The molecule has 0 aliphatic carbocycles. The molecule has 0 aromatic carbocycles. The molecule has 0 saturated carbocycles. The van der Waals surface area contributed by atoms with Crippen LogP contribution in [-0.4, -0.2) is 65.8 Å². The van der Waals surface area contributed by atoms with Crippen molar-refractivity contribution in [3.8, 4) is 0 Å². The van der Waals surface area contributed by atoms with Crippen molar-refractivity contribution in [2.75, 3.05) is 40.4 Å². The molecule has 6 heteroatoms. The zero-order valence-corrected chi connectivity index (χ0v) is 15.2. The first-order valence-corrected chi connectivity index (χ1v) is 9.12. The van der Waals surface area contributed by atoms with Crippen molar-refractivity contribution >= 4 is 6.03 Å². The third-order valence-electron chi connectivity index (χ3n) is 5.29. The molecule has 1 aromatic rings. The van der Waals surface area contributed by atoms with Crippen LogP contribution in [-0.2, 0) is 11.3 Å². The number of ether oxygens (including phenoxy) is 1. The second-order valence-corrected chi connectivity index (χ2v) is 7.39. The molecule has 2 amide bonds. The van der Waals surface area contributed by atoms with Gasteiger partial charge in [-0.3, -0.25) is 0 Å². The molecule has 24 heavy (non-hydrogen) atoms. The van der Waals surface area contributed by atoms with Gasteiger partial charge < -0.3 is 19.1 Å². The van der Waals surface area contributed by atoms with Crippen LogP contribution in [0.25, 0.3) is 0 Å². The van der Waals surface area contributed by atoms with Crippen molar-refractivity contribution in [2.45, 2.75) is 45.1 Å². The average Bonchev–Trinajstić information content (AvgIpc) is 2.96. The van der Waals surface area contributed by atoms with Crippen LogP contribution in [0.15, 0.2) is 6.20 Å². The summed E-state index contributed by atoms with van der Waals surface area (Å²) in [5, 5.41) is 0. The molecule has 6 nitrogen and oxygen atoms in total. The van der Waals surface area contributed by atoms with Crippen LogP contribution in [0.1, 0.15) is 43.1 Å². The van der Waals surface area contributed by atoms with Crippen LogP contribution in [0.2, 0.25) is 0 Å². The number of piperidine rings is 1. The van der Waals surface area contributed by atoms with E-state index in [2.05, 4.69) is 11.5 Å². The Morgan fingerprint density at radius 2 is 2.08 bits per heavy atom. The lowest BCUT2D eigenvalue weighted by Gasteiger charge is -2.35. The number of hydrogen-bond acceptors (Lipinski definition) is 3. The fourth-order valence-corrected chi connectivity index (χ4v) is 3.93. The predicted molar refractivity (Wildman–Crippen MR) is 93.1 cm³/mol. The molecule has 2 aliphatic heterocycles. The first-order chi connectivity index (χ1) is 11.6. The molecule has 1 unspecified atom stereocenters. The van der Waals surface area contributed by atoms with Crippen molar-refractivity contribution in [3.63, 3.8) is 0 Å². The first-order valence-electron chi connectivity index (χ1n) is 9.12. The van der Waals surface area contributed by atoms with E-state index in [9.17, 15) is 4.79 Å². The fraction of sp³-hybridized carbons (Fsp3) is 0.778. The number of carbonyl (C=O) groups excluding carboxylic acids is 1. The Kier molecular flexibility index (Phi) is 5.43. The number of likely N-dealkylation sites (tertiary alicyclic amines) is 1. The lowest BCUT2D eigenvalue weighted by Crippen LogP contribution is -2.45. The minimum atomic E-state index is 0.131. The van der Waals surface area contributed by atoms with E-state index in [4.69, 9.17) is 9.72 Å². The summed E-state index contributed by atoms with van der Waals surface area (Å²) in [7, 11) is 3.66. The topological polar surface area (TPSA) is 50.6 Å². The Balaban J connectivity index is 1.69. The summed E-state index contributed by atoms with van der Waals surface area (Å²) in [5.74, 6) is 2.23. The quantitative estimate of drug-likeness (QED) is 0.853. The van der Waals surface area contributed by atoms with Gasteiger partial charge in [0.15, 0.2) is 0 Å². The molecule has 0 radical (unpaired) electrons. The number of nitrogens with zero attached hydrogens (tertiary/aromatic N) is 4. The van der Waals surface area contributed by atoms with Crippen LogP contribution >= 0.6 is 0 Å². The smallest absolute Gasteiger partial charge is 0.319 e. The van der Waals surface area contributed by atoms with Crippen LogP contribution in [0.4, 0.5) is 4.79 Å². The highest BCUT2D eigenvalue weighted by atomic mass is 16.5. The molecular formula is C18H30N4O2. The second kappa shape index (κ2) is 7.55. The SMILES string of the molecule is Cc1cnc(C2CCOCC2)n1CC1CCCN(C(=O)N(C)C)C1. The van der Waals surface area contributed by atoms with E-state index in [-0.39, 0.29) is 6.03 Å². The van der Waals surface area contributed by atoms with E-state index >= 15 is 0 Å². The average molecular weight is 334 g/mol. The Morgan fingerprint density at radius 3 is 2.79 bits per heavy atom. The summed E-state index contributed by atoms with van der Waals surface area (Å²) in [5.41, 5.74) is 1.23. The number of aryl methyl sites for hydroxylation is 1. The Bertz CT molecular complexity index is 563. The third-order valence-corrected chi connectivity index (χ3v) is 5.29. The van der Waals surface area contributed by atoms with Gasteiger partial charge in [0, 0.05) is 64.8 Å². The van der Waals surface area contributed by atoms with Crippen molar-refractivity contribution in [1.82, 2.24) is 19.4 Å². The summed E-state index contributed by atoms with van der Waals surface area (Å²) in [6.07, 6.45) is 6.39. The minimum absolute atomic E-state index is 0.131. The molecule has 2 aliphatic rings. The lowest BCUT2D eigenvalue weighted by molar-refractivity contribution is 0.0821. The van der Waals surface area contributed by atoms with Crippen molar-refractivity contribution in [3.05, 3.63) is 17.7 Å². The van der Waals surface area contributed by atoms with Gasteiger partial charge in [-0.05, 0) is 38.5 Å². The minimum Gasteiger partial charge on any atom is -0.381 e. The van der Waals surface area contributed by atoms with Crippen LogP contribution in [0.3, 0.4) is 0 Å². The first kappa shape index (κ1) is 17.3. The largest absolute Gasteiger partial charge is 0.381 e. The zero-order valence-electron chi connectivity index (χ0n) is 15.2. The van der Waals surface area contributed by atoms with E-state index in [1.165, 1.54) is 17.9 Å². The maximum Gasteiger partial charge on any atom is 0.319 e. The van der Waals surface area contributed by atoms with Crippen molar-refractivity contribution < 1.29 is 9.53 Å². The number of urea groups is 1. The normalized spacial score (nSPS) is 22.6. The van der Waals surface area contributed by atoms with Gasteiger partial charge in [0.05, 0.1) is 0 Å². The molecule has 0 N–H and O–H groups in total. The van der Waals surface area contributed by atoms with E-state index in [1.54, 1.807) is 4.90 Å². The van der Waals surface area contributed by atoms with E-state index in [0.29, 0.717) is 11.8 Å². The maximum atomic E-state index is 12.2. The zero-order chi connectivity index (χ0) is 17.1. The standard InChI is InChI=1S/C18H30N4O2/c1-14-11-19-17(16-6-9-24-10-7-16)22(14)13-15-5-4-8-21(12-15)18(23)20(2)3/h11,15-16H,4-10,12-13H2,1-3H3. The molecule has 0 spiro atoms. The molecule has 1 atom stereocenters. The molecule has 134 valence electrons. The molecule has 3 heterocycles. The van der Waals surface area contributed by atoms with Crippen molar-refractivity contribution in [1.29, 1.82) is 0 Å². The number of imidazole rings is 1. The van der Waals surface area contributed by atoms with E-state index in [0.717, 1.165) is 52.1 Å². The van der Waals surface area contributed by atoms with E-state index in [1.807, 2.05) is 25.2 Å². The van der Waals surface area contributed by atoms with E-state index < -0.39 is 0 Å². The fourth-order valence-electron chi connectivity index (χ4n) is 3.93. The third kappa shape index (κ3) is 3.74. The Hall–Kier alpha value is -1.56. The van der Waals surface area contributed by atoms with Crippen LogP contribution in [0.5, 0.6) is 0 Å². The van der Waals surface area contributed by atoms with Gasteiger partial charge in [0.1, 0.15) is 5.82 Å². The summed E-state index contributed by atoms with van der Waals surface area (Å²) < 4.78 is 7.89. The summed E-state index contributed by atoms with van der Waals surface area (Å²) in [4.78, 5) is 20.6. The molecule has 3 rings (SSSR count). The van der Waals surface area contributed by atoms with Gasteiger partial charge in [-0.15, -0.1) is 0 Å². The summed E-state index contributed by atoms with van der Waals surface area (Å²) in [6, 6.07) is 0.131. The molecule has 2 saturated heterocycles. The van der Waals surface area contributed by atoms with Gasteiger partial charge in [-0.25, -0.2) is 9.78 Å². The highest BCUT2D eigenvalue weighted by molar-refractivity contribution is 5.73. The van der Waals surface area contributed by atoms with Gasteiger partial charge in [0.2, 0.25) is 0 Å². The highest BCUT2D eigenvalue weighted by Crippen LogP contribution is 2.28. The van der Waals surface area contributed by atoms with Gasteiger partial charge in [-0.1, -0.05) is 0 Å². The molecule has 0 bridgehead atoms. The lowest BCUT2D eigenvalue weighted by atomic mass is 9.96. The number of carbonyl (C=O) groups is 1. The van der Waals surface area contributed by atoms with Gasteiger partial charge >= 0.3 is 6.03 Å². The predicted octanol–water partition coefficient (Wildman–Crippen LogP) is 2.48. The number of rotatable bonds is 3. The number of amides is 2. The number of hydrogen-bond donors (Lipinski definition) is 0. The summed E-state index contributed by atoms with van der Waals surface area (Å²) >= 11 is 0. The summed E-state index contributed by atoms with van der Waals surface area (Å²) in [6.45, 7) is 6.51. The van der Waals surface area contributed by atoms with Gasteiger partial charge in [-0.2, -0.15) is 0 Å². The highest BCUT2D eigenvalue weighted by Gasteiger charge is 2.27. The van der Waals surface area contributed by atoms with Crippen LogP contribution in [0, 0.1) is 12.8 Å². The Labute approximate surface area is 144 Å². The second-order valence-electron chi connectivity index (χ2n) is 7.39. The molecular weight excluding hydrogens is 304 g/mol. The van der Waals surface area contributed by atoms with Crippen molar-refractivity contribution in [2.24, 2.45) is 5.92 Å². The maximum absolute atomic E-state index is 12.2. The van der Waals surface area contributed by atoms with Crippen LogP contribution < -0.4 is 0 Å². The monoisotopic (exact) mass is 334 g/mol. The molecule has 2 fully saturated rings. The Morgan fingerprint density at radius 1 is 1.33 bits per heavy atom.